The number of halogens is 2. The molecule has 27 heavy (non-hydrogen) atoms. The summed E-state index contributed by atoms with van der Waals surface area (Å²) < 4.78 is 5.53. The molecule has 0 heterocycles. The second kappa shape index (κ2) is 11.2. The lowest BCUT2D eigenvalue weighted by molar-refractivity contribution is -0.120. The van der Waals surface area contributed by atoms with Crippen molar-refractivity contribution >= 4 is 47.1 Å². The molecule has 2 aromatic rings. The fourth-order valence-corrected chi connectivity index (χ4v) is 3.53. The van der Waals surface area contributed by atoms with E-state index in [1.165, 1.54) is 0 Å². The Morgan fingerprint density at radius 1 is 1.22 bits per heavy atom. The molecule has 0 radical (unpaired) electrons. The second-order valence-electron chi connectivity index (χ2n) is 5.69. The molecule has 0 aromatic heterocycles. The maximum atomic E-state index is 12.2. The lowest BCUT2D eigenvalue weighted by Gasteiger charge is -2.08. The number of nitrogens with one attached hydrogen (secondary N) is 1. The molecule has 0 fully saturated rings. The summed E-state index contributed by atoms with van der Waals surface area (Å²) in [5.41, 5.74) is 4.20. The van der Waals surface area contributed by atoms with Crippen LogP contribution in [0.4, 0.5) is 0 Å². The van der Waals surface area contributed by atoms with E-state index in [1.54, 1.807) is 30.1 Å². The van der Waals surface area contributed by atoms with E-state index in [2.05, 4.69) is 17.5 Å². The molecule has 144 valence electrons. The van der Waals surface area contributed by atoms with Gasteiger partial charge in [-0.05, 0) is 59.7 Å². The number of rotatable bonds is 9. The molecule has 1 amide bonds. The van der Waals surface area contributed by atoms with Gasteiger partial charge in [0.25, 0.3) is 0 Å². The van der Waals surface area contributed by atoms with Crippen molar-refractivity contribution in [3.8, 4) is 5.75 Å². The van der Waals surface area contributed by atoms with Gasteiger partial charge in [0, 0.05) is 9.92 Å². The van der Waals surface area contributed by atoms with Gasteiger partial charge in [0.15, 0.2) is 0 Å². The number of hydrazone groups is 1. The number of ether oxygens (including phenoxy) is 1. The number of hydrogen-bond acceptors (Lipinski definition) is 4. The number of amides is 1. The van der Waals surface area contributed by atoms with Gasteiger partial charge in [0.1, 0.15) is 5.75 Å². The molecule has 0 bridgehead atoms. The van der Waals surface area contributed by atoms with Crippen LogP contribution in [0.15, 0.2) is 46.4 Å². The first-order valence-corrected chi connectivity index (χ1v) is 10.4. The predicted octanol–water partition coefficient (Wildman–Crippen LogP) is 5.59. The average molecular weight is 425 g/mol. The van der Waals surface area contributed by atoms with Crippen LogP contribution in [0.5, 0.6) is 5.75 Å². The van der Waals surface area contributed by atoms with E-state index in [0.29, 0.717) is 22.4 Å². The van der Waals surface area contributed by atoms with Crippen LogP contribution in [-0.2, 0) is 11.2 Å². The zero-order valence-corrected chi connectivity index (χ0v) is 17.6. The molecule has 0 aliphatic rings. The van der Waals surface area contributed by atoms with Gasteiger partial charge >= 0.3 is 0 Å². The Morgan fingerprint density at radius 2 is 2.04 bits per heavy atom. The van der Waals surface area contributed by atoms with E-state index in [0.717, 1.165) is 28.2 Å². The largest absolute Gasteiger partial charge is 0.492 e. The highest BCUT2D eigenvalue weighted by Gasteiger charge is 2.09. The molecule has 2 aromatic carbocycles. The Balaban J connectivity index is 1.95. The maximum Gasteiger partial charge on any atom is 0.244 e. The van der Waals surface area contributed by atoms with E-state index < -0.39 is 0 Å². The lowest BCUT2D eigenvalue weighted by atomic mass is 10.1. The van der Waals surface area contributed by atoms with Crippen LogP contribution in [-0.4, -0.2) is 24.5 Å². The summed E-state index contributed by atoms with van der Waals surface area (Å²) in [6.07, 6.45) is 2.68. The van der Waals surface area contributed by atoms with E-state index >= 15 is 0 Å². The fraction of sp³-hybridized carbons (Fsp3) is 0.300. The van der Waals surface area contributed by atoms with E-state index in [-0.39, 0.29) is 12.3 Å². The number of thioether (sulfide) groups is 1. The zero-order valence-electron chi connectivity index (χ0n) is 15.3. The second-order valence-corrected chi connectivity index (χ2v) is 7.84. The van der Waals surface area contributed by atoms with Crippen molar-refractivity contribution < 1.29 is 9.53 Å². The summed E-state index contributed by atoms with van der Waals surface area (Å²) >= 11 is 13.9. The first-order valence-electron chi connectivity index (χ1n) is 8.69. The summed E-state index contributed by atoms with van der Waals surface area (Å²) in [7, 11) is 0. The molecule has 0 unspecified atom stereocenters. The SMILES string of the molecule is CCCOc1ccc(/C=N\NC(=O)Cc2cc(Cl)ccc2SCC)cc1Cl. The zero-order chi connectivity index (χ0) is 19.6. The van der Waals surface area contributed by atoms with Gasteiger partial charge in [-0.1, -0.05) is 37.0 Å². The van der Waals surface area contributed by atoms with Crippen LogP contribution in [0.3, 0.4) is 0 Å². The minimum absolute atomic E-state index is 0.208. The van der Waals surface area contributed by atoms with Gasteiger partial charge in [-0.15, -0.1) is 11.8 Å². The summed E-state index contributed by atoms with van der Waals surface area (Å²) in [6, 6.07) is 11.0. The summed E-state index contributed by atoms with van der Waals surface area (Å²) in [6.45, 7) is 4.72. The van der Waals surface area contributed by atoms with Gasteiger partial charge in [0.2, 0.25) is 5.91 Å². The summed E-state index contributed by atoms with van der Waals surface area (Å²) in [4.78, 5) is 13.2. The van der Waals surface area contributed by atoms with Crippen LogP contribution >= 0.6 is 35.0 Å². The first kappa shape index (κ1) is 21.6. The number of carbonyl (C=O) groups excluding carboxylic acids is 1. The van der Waals surface area contributed by atoms with E-state index in [9.17, 15) is 4.79 Å². The molecule has 0 aliphatic carbocycles. The van der Waals surface area contributed by atoms with Crippen LogP contribution in [0.25, 0.3) is 0 Å². The van der Waals surface area contributed by atoms with Crippen molar-refractivity contribution in [2.45, 2.75) is 31.6 Å². The highest BCUT2D eigenvalue weighted by molar-refractivity contribution is 7.99. The lowest BCUT2D eigenvalue weighted by Crippen LogP contribution is -2.20. The Hall–Kier alpha value is -1.69. The maximum absolute atomic E-state index is 12.2. The third-order valence-electron chi connectivity index (χ3n) is 3.49. The number of nitrogens with zero attached hydrogens (tertiary/aromatic N) is 1. The minimum Gasteiger partial charge on any atom is -0.492 e. The summed E-state index contributed by atoms with van der Waals surface area (Å²) in [5.74, 6) is 1.36. The van der Waals surface area contributed by atoms with Crippen molar-refractivity contribution in [3.05, 3.63) is 57.6 Å². The van der Waals surface area contributed by atoms with Gasteiger partial charge in [-0.3, -0.25) is 4.79 Å². The van der Waals surface area contributed by atoms with Crippen molar-refractivity contribution in [3.63, 3.8) is 0 Å². The van der Waals surface area contributed by atoms with Gasteiger partial charge < -0.3 is 4.74 Å². The van der Waals surface area contributed by atoms with Crippen LogP contribution in [0.1, 0.15) is 31.4 Å². The van der Waals surface area contributed by atoms with E-state index in [1.807, 2.05) is 31.2 Å². The molecule has 4 nitrogen and oxygen atoms in total. The monoisotopic (exact) mass is 424 g/mol. The fourth-order valence-electron chi connectivity index (χ4n) is 2.30. The van der Waals surface area contributed by atoms with Gasteiger partial charge in [-0.25, -0.2) is 5.43 Å². The number of carbonyl (C=O) groups is 1. The van der Waals surface area contributed by atoms with Crippen LogP contribution in [0, 0.1) is 0 Å². The molecule has 0 spiro atoms. The van der Waals surface area contributed by atoms with Gasteiger partial charge in [0.05, 0.1) is 24.3 Å². The molecular weight excluding hydrogens is 403 g/mol. The summed E-state index contributed by atoms with van der Waals surface area (Å²) in [5, 5.41) is 5.13. The molecule has 1 N–H and O–H groups in total. The Morgan fingerprint density at radius 3 is 2.74 bits per heavy atom. The topological polar surface area (TPSA) is 50.7 Å². The molecular formula is C20H22Cl2N2O2S. The van der Waals surface area contributed by atoms with Crippen molar-refractivity contribution in [1.82, 2.24) is 5.43 Å². The molecule has 0 aliphatic heterocycles. The highest BCUT2D eigenvalue weighted by atomic mass is 35.5. The van der Waals surface area contributed by atoms with Gasteiger partial charge in [-0.2, -0.15) is 5.10 Å². The Labute approximate surface area is 174 Å². The van der Waals surface area contributed by atoms with Crippen LogP contribution in [0.2, 0.25) is 10.0 Å². The van der Waals surface area contributed by atoms with Crippen molar-refractivity contribution in [2.75, 3.05) is 12.4 Å². The normalized spacial score (nSPS) is 11.0. The standard InChI is InChI=1S/C20H22Cl2N2O2S/c1-3-9-26-18-7-5-14(10-17(18)22)13-23-24-20(25)12-15-11-16(21)6-8-19(15)27-4-2/h5-8,10-11,13H,3-4,9,12H2,1-2H3,(H,24,25)/b23-13-. The molecule has 7 heteroatoms. The quantitative estimate of drug-likeness (QED) is 0.324. The van der Waals surface area contributed by atoms with Crippen LogP contribution < -0.4 is 10.2 Å². The average Bonchev–Trinajstić information content (AvgIpc) is 2.63. The smallest absolute Gasteiger partial charge is 0.244 e. The van der Waals surface area contributed by atoms with E-state index in [4.69, 9.17) is 27.9 Å². The number of hydrogen-bond donors (Lipinski definition) is 1. The van der Waals surface area contributed by atoms with Crippen molar-refractivity contribution in [1.29, 1.82) is 0 Å². The Bertz CT molecular complexity index is 813. The Kier molecular flexibility index (Phi) is 8.98. The molecule has 2 rings (SSSR count). The molecule has 0 saturated heterocycles. The van der Waals surface area contributed by atoms with Crippen molar-refractivity contribution in [2.24, 2.45) is 5.10 Å². The number of benzene rings is 2. The first-order chi connectivity index (χ1) is 13.0. The predicted molar refractivity (Wildman–Crippen MR) is 115 cm³/mol. The highest BCUT2D eigenvalue weighted by Crippen LogP contribution is 2.26. The minimum atomic E-state index is -0.208. The third-order valence-corrected chi connectivity index (χ3v) is 5.02. The molecule has 0 saturated carbocycles. The molecule has 0 atom stereocenters. The third kappa shape index (κ3) is 7.09.